The number of rotatable bonds is 5. The van der Waals surface area contributed by atoms with Gasteiger partial charge in [0, 0.05) is 24.0 Å². The number of benzene rings is 2. The second-order valence-corrected chi connectivity index (χ2v) is 10.9. The van der Waals surface area contributed by atoms with Gasteiger partial charge in [0.05, 0.1) is 23.4 Å². The summed E-state index contributed by atoms with van der Waals surface area (Å²) in [6.45, 7) is 6.59. The molecule has 5 rings (SSSR count). The van der Waals surface area contributed by atoms with Gasteiger partial charge in [0.1, 0.15) is 4.83 Å². The third-order valence-corrected chi connectivity index (χ3v) is 8.35. The smallest absolute Gasteiger partial charge is 0.267 e. The van der Waals surface area contributed by atoms with Crippen LogP contribution in [0.15, 0.2) is 58.5 Å². The number of hydrogen-bond donors (Lipinski definition) is 1. The van der Waals surface area contributed by atoms with Crippen molar-refractivity contribution in [3.8, 4) is 5.69 Å². The van der Waals surface area contributed by atoms with Crippen molar-refractivity contribution >= 4 is 50.8 Å². The minimum atomic E-state index is -0.162. The van der Waals surface area contributed by atoms with Gasteiger partial charge in [-0.05, 0) is 55.2 Å². The van der Waals surface area contributed by atoms with Crippen molar-refractivity contribution in [2.75, 3.05) is 17.6 Å². The van der Waals surface area contributed by atoms with Crippen LogP contribution >= 0.6 is 23.1 Å². The predicted octanol–water partition coefficient (Wildman–Crippen LogP) is 4.70. The van der Waals surface area contributed by atoms with E-state index < -0.39 is 0 Å². The van der Waals surface area contributed by atoms with Crippen molar-refractivity contribution in [2.24, 2.45) is 0 Å². The Morgan fingerprint density at radius 2 is 1.92 bits per heavy atom. The molecule has 184 valence electrons. The Morgan fingerprint density at radius 1 is 1.14 bits per heavy atom. The van der Waals surface area contributed by atoms with Crippen molar-refractivity contribution < 1.29 is 9.59 Å². The summed E-state index contributed by atoms with van der Waals surface area (Å²) >= 11 is 2.70. The van der Waals surface area contributed by atoms with Crippen LogP contribution in [-0.4, -0.2) is 38.6 Å². The Bertz CT molecular complexity index is 1540. The number of thiophene rings is 1. The fourth-order valence-corrected chi connectivity index (χ4v) is 6.47. The summed E-state index contributed by atoms with van der Waals surface area (Å²) in [4.78, 5) is 46.9. The van der Waals surface area contributed by atoms with Gasteiger partial charge in [0.15, 0.2) is 5.16 Å². The SMILES string of the molecule is CC(=O)N1CCc2c(sc3nc(SCC(=O)Nc4cc(C)ccc4C)n(-c4ccccc4)c(=O)c23)C1. The number of para-hydroxylation sites is 1. The van der Waals surface area contributed by atoms with E-state index in [0.717, 1.165) is 27.3 Å². The van der Waals surface area contributed by atoms with Crippen molar-refractivity contribution in [3.05, 3.63) is 80.5 Å². The van der Waals surface area contributed by atoms with Gasteiger partial charge in [-0.25, -0.2) is 4.98 Å². The molecule has 7 nitrogen and oxygen atoms in total. The first-order valence-corrected chi connectivity index (χ1v) is 13.5. The summed E-state index contributed by atoms with van der Waals surface area (Å²) in [6.07, 6.45) is 0.630. The third kappa shape index (κ3) is 4.68. The number of hydrogen-bond acceptors (Lipinski definition) is 6. The first kappa shape index (κ1) is 24.3. The summed E-state index contributed by atoms with van der Waals surface area (Å²) in [5.41, 5.74) is 4.39. The summed E-state index contributed by atoms with van der Waals surface area (Å²) in [5, 5.41) is 4.06. The molecule has 0 aliphatic carbocycles. The van der Waals surface area contributed by atoms with E-state index in [9.17, 15) is 14.4 Å². The monoisotopic (exact) mass is 518 g/mol. The van der Waals surface area contributed by atoms with Gasteiger partial charge < -0.3 is 10.2 Å². The molecule has 0 saturated carbocycles. The van der Waals surface area contributed by atoms with Crippen LogP contribution in [0, 0.1) is 13.8 Å². The van der Waals surface area contributed by atoms with Crippen LogP contribution in [-0.2, 0) is 22.6 Å². The van der Waals surface area contributed by atoms with Crippen LogP contribution in [0.1, 0.15) is 28.5 Å². The topological polar surface area (TPSA) is 84.3 Å². The lowest BCUT2D eigenvalue weighted by Crippen LogP contribution is -2.34. The molecule has 0 radical (unpaired) electrons. The van der Waals surface area contributed by atoms with E-state index in [4.69, 9.17) is 4.98 Å². The first-order valence-electron chi connectivity index (χ1n) is 11.7. The molecule has 36 heavy (non-hydrogen) atoms. The van der Waals surface area contributed by atoms with Crippen LogP contribution in [0.4, 0.5) is 5.69 Å². The van der Waals surface area contributed by atoms with E-state index in [-0.39, 0.29) is 23.1 Å². The van der Waals surface area contributed by atoms with Gasteiger partial charge in [0.2, 0.25) is 11.8 Å². The molecule has 0 fully saturated rings. The standard InChI is InChI=1S/C27H26N4O3S2/c1-16-9-10-17(2)21(13-16)28-23(33)15-35-27-29-25-24(26(34)31(27)19-7-5-4-6-8-19)20-11-12-30(18(3)32)14-22(20)36-25/h4-10,13H,11-12,14-15H2,1-3H3,(H,28,33). The van der Waals surface area contributed by atoms with E-state index in [1.807, 2.05) is 62.4 Å². The number of nitrogens with zero attached hydrogens (tertiary/aromatic N) is 3. The van der Waals surface area contributed by atoms with Gasteiger partial charge in [-0.2, -0.15) is 0 Å². The van der Waals surface area contributed by atoms with Crippen molar-refractivity contribution in [1.29, 1.82) is 0 Å². The highest BCUT2D eigenvalue weighted by atomic mass is 32.2. The van der Waals surface area contributed by atoms with Crippen LogP contribution in [0.2, 0.25) is 0 Å². The molecule has 1 N–H and O–H groups in total. The van der Waals surface area contributed by atoms with Gasteiger partial charge in [0.25, 0.3) is 5.56 Å². The Balaban J connectivity index is 1.51. The molecule has 3 heterocycles. The average molecular weight is 519 g/mol. The molecule has 4 aromatic rings. The molecule has 2 amide bonds. The second-order valence-electron chi connectivity index (χ2n) is 8.90. The summed E-state index contributed by atoms with van der Waals surface area (Å²) in [6, 6.07) is 15.3. The number of fused-ring (bicyclic) bond motifs is 3. The number of thioether (sulfide) groups is 1. The Kier molecular flexibility index (Phi) is 6.68. The zero-order valence-electron chi connectivity index (χ0n) is 20.3. The molecule has 0 atom stereocenters. The number of aromatic nitrogens is 2. The highest BCUT2D eigenvalue weighted by molar-refractivity contribution is 7.99. The van der Waals surface area contributed by atoms with Crippen molar-refractivity contribution in [1.82, 2.24) is 14.5 Å². The molecule has 0 bridgehead atoms. The number of carbonyl (C=O) groups is 2. The molecule has 2 aromatic carbocycles. The van der Waals surface area contributed by atoms with Crippen LogP contribution in [0.5, 0.6) is 0 Å². The number of amides is 2. The molecule has 9 heteroatoms. The molecular weight excluding hydrogens is 492 g/mol. The Morgan fingerprint density at radius 3 is 2.67 bits per heavy atom. The maximum Gasteiger partial charge on any atom is 0.267 e. The number of anilines is 1. The quantitative estimate of drug-likeness (QED) is 0.306. The highest BCUT2D eigenvalue weighted by Gasteiger charge is 2.26. The van der Waals surface area contributed by atoms with E-state index in [1.54, 1.807) is 16.4 Å². The van der Waals surface area contributed by atoms with Crippen molar-refractivity contribution in [2.45, 2.75) is 38.9 Å². The highest BCUT2D eigenvalue weighted by Crippen LogP contribution is 2.34. The average Bonchev–Trinajstić information content (AvgIpc) is 3.23. The largest absolute Gasteiger partial charge is 0.337 e. The van der Waals surface area contributed by atoms with Crippen LogP contribution in [0.3, 0.4) is 0 Å². The third-order valence-electron chi connectivity index (χ3n) is 6.30. The van der Waals surface area contributed by atoms with Crippen LogP contribution < -0.4 is 10.9 Å². The molecule has 1 aliphatic rings. The Labute approximate surface area is 217 Å². The molecule has 1 aliphatic heterocycles. The molecule has 0 spiro atoms. The minimum Gasteiger partial charge on any atom is -0.337 e. The number of aryl methyl sites for hydroxylation is 2. The lowest BCUT2D eigenvalue weighted by molar-refractivity contribution is -0.129. The summed E-state index contributed by atoms with van der Waals surface area (Å²) in [5.74, 6) is -0.0226. The van der Waals surface area contributed by atoms with E-state index in [2.05, 4.69) is 5.32 Å². The zero-order chi connectivity index (χ0) is 25.4. The van der Waals surface area contributed by atoms with Gasteiger partial charge in [-0.3, -0.25) is 19.0 Å². The normalized spacial score (nSPS) is 13.0. The van der Waals surface area contributed by atoms with Gasteiger partial charge in [-0.1, -0.05) is 42.1 Å². The van der Waals surface area contributed by atoms with E-state index in [0.29, 0.717) is 40.6 Å². The lowest BCUT2D eigenvalue weighted by atomic mass is 10.1. The van der Waals surface area contributed by atoms with E-state index >= 15 is 0 Å². The van der Waals surface area contributed by atoms with Crippen molar-refractivity contribution in [3.63, 3.8) is 0 Å². The fraction of sp³-hybridized carbons (Fsp3) is 0.259. The predicted molar refractivity (Wildman–Crippen MR) is 145 cm³/mol. The lowest BCUT2D eigenvalue weighted by Gasteiger charge is -2.25. The molecule has 0 unspecified atom stereocenters. The molecular formula is C27H26N4O3S2. The number of nitrogens with one attached hydrogen (secondary N) is 1. The maximum absolute atomic E-state index is 13.9. The zero-order valence-corrected chi connectivity index (χ0v) is 22.0. The fourth-order valence-electron chi connectivity index (χ4n) is 4.38. The summed E-state index contributed by atoms with van der Waals surface area (Å²) < 4.78 is 1.60. The maximum atomic E-state index is 13.9. The van der Waals surface area contributed by atoms with E-state index in [1.165, 1.54) is 23.1 Å². The number of carbonyl (C=O) groups excluding carboxylic acids is 2. The Hall–Kier alpha value is -3.43. The summed E-state index contributed by atoms with van der Waals surface area (Å²) in [7, 11) is 0. The minimum absolute atomic E-state index is 0.0267. The molecule has 0 saturated heterocycles. The first-order chi connectivity index (χ1) is 17.3. The second kappa shape index (κ2) is 9.91. The van der Waals surface area contributed by atoms with Gasteiger partial charge in [-0.15, -0.1) is 11.3 Å². The van der Waals surface area contributed by atoms with Gasteiger partial charge >= 0.3 is 0 Å². The van der Waals surface area contributed by atoms with Crippen LogP contribution in [0.25, 0.3) is 15.9 Å². The molecule has 2 aromatic heterocycles.